The Morgan fingerprint density at radius 1 is 1.29 bits per heavy atom. The zero-order valence-corrected chi connectivity index (χ0v) is 12.4. The van der Waals surface area contributed by atoms with Gasteiger partial charge in [-0.15, -0.1) is 0 Å². The third kappa shape index (κ3) is 3.51. The van der Waals surface area contributed by atoms with Gasteiger partial charge in [-0.05, 0) is 37.7 Å². The van der Waals surface area contributed by atoms with Gasteiger partial charge in [-0.3, -0.25) is 10.1 Å². The third-order valence-corrected chi connectivity index (χ3v) is 3.45. The van der Waals surface area contributed by atoms with Gasteiger partial charge in [0.1, 0.15) is 5.75 Å². The maximum atomic E-state index is 11.0. The van der Waals surface area contributed by atoms with E-state index in [9.17, 15) is 10.1 Å². The Kier molecular flexibility index (Phi) is 4.77. The molecule has 6 heteroatoms. The highest BCUT2D eigenvalue weighted by Crippen LogP contribution is 2.38. The topological polar surface area (TPSA) is 64.4 Å². The molecule has 1 unspecified atom stereocenters. The van der Waals surface area contributed by atoms with Crippen LogP contribution in [0.1, 0.15) is 18.5 Å². The molecule has 2 aromatic rings. The number of nitro groups is 1. The maximum absolute atomic E-state index is 11.0. The molecule has 5 nitrogen and oxygen atoms in total. The van der Waals surface area contributed by atoms with E-state index in [2.05, 4.69) is 5.32 Å². The molecule has 0 heterocycles. The summed E-state index contributed by atoms with van der Waals surface area (Å²) in [6.45, 7) is 2.01. The van der Waals surface area contributed by atoms with Gasteiger partial charge in [0.05, 0.1) is 9.95 Å². The molecule has 21 heavy (non-hydrogen) atoms. The predicted molar refractivity (Wildman–Crippen MR) is 82.1 cm³/mol. The highest BCUT2D eigenvalue weighted by Gasteiger charge is 2.19. The van der Waals surface area contributed by atoms with Gasteiger partial charge in [0, 0.05) is 12.1 Å². The lowest BCUT2D eigenvalue weighted by atomic mass is 10.1. The molecule has 0 radical (unpaired) electrons. The van der Waals surface area contributed by atoms with Crippen molar-refractivity contribution < 1.29 is 9.66 Å². The molecule has 1 atom stereocenters. The van der Waals surface area contributed by atoms with Crippen LogP contribution < -0.4 is 10.1 Å². The SMILES string of the molecule is CNC(C)c1cccc(Oc2c(Cl)cccc2[N+](=O)[O-])c1. The van der Waals surface area contributed by atoms with E-state index in [-0.39, 0.29) is 22.5 Å². The van der Waals surface area contributed by atoms with Crippen LogP contribution in [0.25, 0.3) is 0 Å². The van der Waals surface area contributed by atoms with Crippen molar-refractivity contribution in [1.82, 2.24) is 5.32 Å². The summed E-state index contributed by atoms with van der Waals surface area (Å²) in [5.74, 6) is 0.559. The number of benzene rings is 2. The van der Waals surface area contributed by atoms with Crippen molar-refractivity contribution in [2.45, 2.75) is 13.0 Å². The summed E-state index contributed by atoms with van der Waals surface area (Å²) in [7, 11) is 1.86. The molecule has 0 aliphatic rings. The number of rotatable bonds is 5. The van der Waals surface area contributed by atoms with E-state index >= 15 is 0 Å². The van der Waals surface area contributed by atoms with Crippen LogP contribution in [0.2, 0.25) is 5.02 Å². The predicted octanol–water partition coefficient (Wildman–Crippen LogP) is 4.32. The molecule has 0 amide bonds. The van der Waals surface area contributed by atoms with E-state index in [0.717, 1.165) is 5.56 Å². The van der Waals surface area contributed by atoms with Crippen molar-refractivity contribution in [3.8, 4) is 11.5 Å². The lowest BCUT2D eigenvalue weighted by Crippen LogP contribution is -2.12. The number of nitro benzene ring substituents is 1. The zero-order valence-electron chi connectivity index (χ0n) is 11.7. The summed E-state index contributed by atoms with van der Waals surface area (Å²) in [6, 6.07) is 11.9. The van der Waals surface area contributed by atoms with Gasteiger partial charge in [-0.1, -0.05) is 29.8 Å². The first-order chi connectivity index (χ1) is 10.0. The summed E-state index contributed by atoms with van der Waals surface area (Å²) in [5.41, 5.74) is 0.860. The molecule has 1 N–H and O–H groups in total. The summed E-state index contributed by atoms with van der Waals surface area (Å²) in [6.07, 6.45) is 0. The number of nitrogens with zero attached hydrogens (tertiary/aromatic N) is 1. The van der Waals surface area contributed by atoms with Gasteiger partial charge < -0.3 is 10.1 Å². The van der Waals surface area contributed by atoms with Crippen LogP contribution in [0, 0.1) is 10.1 Å². The van der Waals surface area contributed by atoms with Crippen LogP contribution in [-0.2, 0) is 0 Å². The fraction of sp³-hybridized carbons (Fsp3) is 0.200. The zero-order chi connectivity index (χ0) is 15.4. The van der Waals surface area contributed by atoms with E-state index in [1.807, 2.05) is 32.2 Å². The van der Waals surface area contributed by atoms with E-state index in [1.54, 1.807) is 12.1 Å². The van der Waals surface area contributed by atoms with Gasteiger partial charge in [0.15, 0.2) is 0 Å². The summed E-state index contributed by atoms with van der Waals surface area (Å²) in [4.78, 5) is 10.5. The van der Waals surface area contributed by atoms with Crippen molar-refractivity contribution in [3.05, 3.63) is 63.2 Å². The highest BCUT2D eigenvalue weighted by atomic mass is 35.5. The minimum atomic E-state index is -0.513. The van der Waals surface area contributed by atoms with Crippen molar-refractivity contribution >= 4 is 17.3 Å². The Morgan fingerprint density at radius 3 is 2.67 bits per heavy atom. The molecule has 2 rings (SSSR count). The second-order valence-corrected chi connectivity index (χ2v) is 4.94. The molecule has 0 aliphatic carbocycles. The smallest absolute Gasteiger partial charge is 0.313 e. The number of halogens is 1. The van der Waals surface area contributed by atoms with Gasteiger partial charge in [0.25, 0.3) is 0 Å². The lowest BCUT2D eigenvalue weighted by Gasteiger charge is -2.13. The highest BCUT2D eigenvalue weighted by molar-refractivity contribution is 6.32. The summed E-state index contributed by atoms with van der Waals surface area (Å²) < 4.78 is 5.64. The molecule has 0 fully saturated rings. The van der Waals surface area contributed by atoms with Crippen LogP contribution in [0.4, 0.5) is 5.69 Å². The molecule has 0 spiro atoms. The van der Waals surface area contributed by atoms with Gasteiger partial charge >= 0.3 is 5.69 Å². The Balaban J connectivity index is 2.37. The van der Waals surface area contributed by atoms with E-state index in [4.69, 9.17) is 16.3 Å². The molecule has 0 saturated carbocycles. The second kappa shape index (κ2) is 6.56. The first kappa shape index (κ1) is 15.3. The van der Waals surface area contributed by atoms with Crippen LogP contribution in [0.15, 0.2) is 42.5 Å². The van der Waals surface area contributed by atoms with Crippen LogP contribution in [-0.4, -0.2) is 12.0 Å². The monoisotopic (exact) mass is 306 g/mol. The van der Waals surface area contributed by atoms with E-state index < -0.39 is 4.92 Å². The minimum Gasteiger partial charge on any atom is -0.449 e. The Hall–Kier alpha value is -2.11. The first-order valence-corrected chi connectivity index (χ1v) is 6.78. The van der Waals surface area contributed by atoms with Crippen LogP contribution in [0.3, 0.4) is 0 Å². The number of ether oxygens (including phenoxy) is 1. The molecular formula is C15H15ClN2O3. The Bertz CT molecular complexity index is 661. The summed E-state index contributed by atoms with van der Waals surface area (Å²) >= 11 is 6.01. The average molecular weight is 307 g/mol. The van der Waals surface area contributed by atoms with Gasteiger partial charge in [0.2, 0.25) is 5.75 Å². The lowest BCUT2D eigenvalue weighted by molar-refractivity contribution is -0.385. The Labute approximate surface area is 127 Å². The molecule has 0 bridgehead atoms. The van der Waals surface area contributed by atoms with Crippen molar-refractivity contribution in [2.24, 2.45) is 0 Å². The van der Waals surface area contributed by atoms with E-state index in [0.29, 0.717) is 5.75 Å². The fourth-order valence-corrected chi connectivity index (χ4v) is 2.08. The molecule has 0 saturated heterocycles. The molecule has 0 aliphatic heterocycles. The molecule has 0 aromatic heterocycles. The van der Waals surface area contributed by atoms with Crippen molar-refractivity contribution in [1.29, 1.82) is 0 Å². The van der Waals surface area contributed by atoms with Gasteiger partial charge in [-0.2, -0.15) is 0 Å². The summed E-state index contributed by atoms with van der Waals surface area (Å²) in [5, 5.41) is 14.4. The number of nitrogens with one attached hydrogen (secondary N) is 1. The number of para-hydroxylation sites is 1. The molecule has 110 valence electrons. The normalized spacial score (nSPS) is 12.0. The van der Waals surface area contributed by atoms with E-state index in [1.165, 1.54) is 12.1 Å². The van der Waals surface area contributed by atoms with Crippen LogP contribution >= 0.6 is 11.6 Å². The Morgan fingerprint density at radius 2 is 2.00 bits per heavy atom. The quantitative estimate of drug-likeness (QED) is 0.660. The van der Waals surface area contributed by atoms with Crippen molar-refractivity contribution in [2.75, 3.05) is 7.05 Å². The minimum absolute atomic E-state index is 0.0541. The second-order valence-electron chi connectivity index (χ2n) is 4.53. The standard InChI is InChI=1S/C15H15ClN2O3/c1-10(17-2)11-5-3-6-12(9-11)21-15-13(16)7-4-8-14(15)18(19)20/h3-10,17H,1-2H3. The maximum Gasteiger partial charge on any atom is 0.313 e. The number of hydrogen-bond acceptors (Lipinski definition) is 4. The first-order valence-electron chi connectivity index (χ1n) is 6.41. The largest absolute Gasteiger partial charge is 0.449 e. The average Bonchev–Trinajstić information content (AvgIpc) is 2.48. The third-order valence-electron chi connectivity index (χ3n) is 3.15. The molecule has 2 aromatic carbocycles. The van der Waals surface area contributed by atoms with Gasteiger partial charge in [-0.25, -0.2) is 0 Å². The molecular weight excluding hydrogens is 292 g/mol. The van der Waals surface area contributed by atoms with Crippen LogP contribution in [0.5, 0.6) is 11.5 Å². The number of hydrogen-bond donors (Lipinski definition) is 1. The fourth-order valence-electron chi connectivity index (χ4n) is 1.87. The van der Waals surface area contributed by atoms with Crippen molar-refractivity contribution in [3.63, 3.8) is 0 Å².